The maximum atomic E-state index is 12.7. The third kappa shape index (κ3) is 4.61. The molecule has 2 heterocycles. The highest BCUT2D eigenvalue weighted by atomic mass is 16.6. The van der Waals surface area contributed by atoms with E-state index in [0.29, 0.717) is 11.5 Å². The molecule has 0 radical (unpaired) electrons. The van der Waals surface area contributed by atoms with Gasteiger partial charge in [-0.3, -0.25) is 14.9 Å². The van der Waals surface area contributed by atoms with E-state index in [0.717, 1.165) is 24.4 Å². The maximum absolute atomic E-state index is 12.7. The van der Waals surface area contributed by atoms with E-state index in [1.165, 1.54) is 24.3 Å². The normalized spacial score (nSPS) is 11.2. The number of ketones is 1. The Morgan fingerprint density at radius 3 is 2.56 bits per heavy atom. The summed E-state index contributed by atoms with van der Waals surface area (Å²) in [7, 11) is 0. The number of carbonyl (C=O) groups is 2. The number of aromatic nitrogens is 1. The minimum absolute atomic E-state index is 0.200. The number of nitro groups is 1. The van der Waals surface area contributed by atoms with Crippen LogP contribution in [0.25, 0.3) is 11.0 Å². The van der Waals surface area contributed by atoms with Crippen LogP contribution in [0.1, 0.15) is 52.4 Å². The number of non-ortho nitro benzene ring substituents is 1. The highest BCUT2D eigenvalue weighted by molar-refractivity contribution is 6.01. The number of benzene rings is 1. The lowest BCUT2D eigenvalue weighted by molar-refractivity contribution is -0.383. The zero-order chi connectivity index (χ0) is 23.6. The maximum Gasteiger partial charge on any atom is 0.351 e. The summed E-state index contributed by atoms with van der Waals surface area (Å²) in [6, 6.07) is 7.00. The van der Waals surface area contributed by atoms with E-state index in [-0.39, 0.29) is 22.4 Å². The SMILES string of the molecule is Cc1cc(C(=O)COC(=O)c2cc3cccc([N+](=O)[O-])c3oc2=O)c(C)n1CCC(C)C. The molecule has 1 aromatic carbocycles. The van der Waals surface area contributed by atoms with Crippen LogP contribution in [-0.4, -0.2) is 27.8 Å². The third-order valence-corrected chi connectivity index (χ3v) is 5.29. The summed E-state index contributed by atoms with van der Waals surface area (Å²) < 4.78 is 12.1. The lowest BCUT2D eigenvalue weighted by atomic mass is 10.1. The summed E-state index contributed by atoms with van der Waals surface area (Å²) in [5.74, 6) is -0.899. The average Bonchev–Trinajstić information content (AvgIpc) is 3.02. The van der Waals surface area contributed by atoms with Crippen LogP contribution in [-0.2, 0) is 11.3 Å². The van der Waals surface area contributed by atoms with E-state index in [1.54, 1.807) is 6.07 Å². The molecule has 0 atom stereocenters. The topological polar surface area (TPSA) is 122 Å². The fourth-order valence-corrected chi connectivity index (χ4v) is 3.52. The van der Waals surface area contributed by atoms with Crippen molar-refractivity contribution in [3.05, 3.63) is 73.4 Å². The summed E-state index contributed by atoms with van der Waals surface area (Å²) in [6.07, 6.45) is 0.967. The van der Waals surface area contributed by atoms with Gasteiger partial charge < -0.3 is 13.7 Å². The van der Waals surface area contributed by atoms with Crippen LogP contribution in [0.4, 0.5) is 5.69 Å². The number of ether oxygens (including phenoxy) is 1. The molecule has 2 aromatic heterocycles. The van der Waals surface area contributed by atoms with E-state index in [4.69, 9.17) is 9.15 Å². The highest BCUT2D eigenvalue weighted by Gasteiger charge is 2.22. The number of carbonyl (C=O) groups excluding carboxylic acids is 2. The molecule has 0 amide bonds. The van der Waals surface area contributed by atoms with Gasteiger partial charge in [0.1, 0.15) is 5.56 Å². The summed E-state index contributed by atoms with van der Waals surface area (Å²) in [5.41, 5.74) is 0.0624. The molecule has 9 nitrogen and oxygen atoms in total. The van der Waals surface area contributed by atoms with Crippen molar-refractivity contribution in [3.8, 4) is 0 Å². The highest BCUT2D eigenvalue weighted by Crippen LogP contribution is 2.24. The molecule has 0 aliphatic rings. The van der Waals surface area contributed by atoms with Crippen molar-refractivity contribution in [3.63, 3.8) is 0 Å². The van der Waals surface area contributed by atoms with Crippen LogP contribution in [0, 0.1) is 29.9 Å². The van der Waals surface area contributed by atoms with E-state index in [1.807, 2.05) is 13.8 Å². The van der Waals surface area contributed by atoms with Gasteiger partial charge >= 0.3 is 17.3 Å². The average molecular weight is 440 g/mol. The monoisotopic (exact) mass is 440 g/mol. The minimum Gasteiger partial charge on any atom is -0.453 e. The molecule has 0 spiro atoms. The number of para-hydroxylation sites is 1. The molecule has 0 bridgehead atoms. The minimum atomic E-state index is -1.07. The van der Waals surface area contributed by atoms with Gasteiger partial charge in [-0.05, 0) is 38.3 Å². The number of rotatable bonds is 8. The Morgan fingerprint density at radius 1 is 1.19 bits per heavy atom. The number of hydrogen-bond donors (Lipinski definition) is 0. The molecule has 0 saturated carbocycles. The summed E-state index contributed by atoms with van der Waals surface area (Å²) in [4.78, 5) is 47.7. The van der Waals surface area contributed by atoms with Gasteiger partial charge in [0.05, 0.1) is 4.92 Å². The van der Waals surface area contributed by atoms with Crippen molar-refractivity contribution >= 4 is 28.4 Å². The Balaban J connectivity index is 1.77. The molecular weight excluding hydrogens is 416 g/mol. The van der Waals surface area contributed by atoms with E-state index < -0.39 is 28.7 Å². The third-order valence-electron chi connectivity index (χ3n) is 5.29. The summed E-state index contributed by atoms with van der Waals surface area (Å²) in [5, 5.41) is 11.3. The summed E-state index contributed by atoms with van der Waals surface area (Å²) >= 11 is 0. The molecule has 0 saturated heterocycles. The standard InChI is InChI=1S/C23H24N2O7/c1-13(2)8-9-24-14(3)10-17(15(24)4)20(26)12-31-22(27)18-11-16-6-5-7-19(25(29)30)21(16)32-23(18)28/h5-7,10-11,13H,8-9,12H2,1-4H3. The first kappa shape index (κ1) is 22.9. The van der Waals surface area contributed by atoms with E-state index in [2.05, 4.69) is 18.4 Å². The van der Waals surface area contributed by atoms with Crippen LogP contribution >= 0.6 is 0 Å². The number of hydrogen-bond acceptors (Lipinski definition) is 7. The predicted octanol–water partition coefficient (Wildman–Crippen LogP) is 4.21. The first-order chi connectivity index (χ1) is 15.1. The van der Waals surface area contributed by atoms with Crippen LogP contribution in [0.2, 0.25) is 0 Å². The van der Waals surface area contributed by atoms with E-state index in [9.17, 15) is 24.5 Å². The van der Waals surface area contributed by atoms with Gasteiger partial charge in [-0.25, -0.2) is 9.59 Å². The molecule has 0 aliphatic heterocycles. The second kappa shape index (κ2) is 9.17. The van der Waals surface area contributed by atoms with Gasteiger partial charge in [-0.2, -0.15) is 0 Å². The number of Topliss-reactive ketones (excluding diaryl/α,β-unsaturated/α-hetero) is 1. The molecule has 0 unspecified atom stereocenters. The van der Waals surface area contributed by atoms with Gasteiger partial charge in [0.15, 0.2) is 6.61 Å². The first-order valence-electron chi connectivity index (χ1n) is 10.2. The molecule has 0 N–H and O–H groups in total. The van der Waals surface area contributed by atoms with Gasteiger partial charge in [0.2, 0.25) is 11.4 Å². The zero-order valence-corrected chi connectivity index (χ0v) is 18.3. The first-order valence-corrected chi connectivity index (χ1v) is 10.2. The Morgan fingerprint density at radius 2 is 1.91 bits per heavy atom. The number of nitro benzene ring substituents is 1. The Kier molecular flexibility index (Phi) is 6.57. The molecule has 32 heavy (non-hydrogen) atoms. The lowest BCUT2D eigenvalue weighted by Gasteiger charge is -2.11. The van der Waals surface area contributed by atoms with Crippen LogP contribution in [0.5, 0.6) is 0 Å². The lowest BCUT2D eigenvalue weighted by Crippen LogP contribution is -2.20. The second-order valence-corrected chi connectivity index (χ2v) is 8.02. The Hall–Kier alpha value is -3.75. The van der Waals surface area contributed by atoms with Gasteiger partial charge in [-0.15, -0.1) is 0 Å². The molecule has 9 heteroatoms. The predicted molar refractivity (Wildman–Crippen MR) is 117 cm³/mol. The van der Waals surface area contributed by atoms with Crippen molar-refractivity contribution in [2.24, 2.45) is 5.92 Å². The Bertz CT molecular complexity index is 1270. The molecule has 168 valence electrons. The van der Waals surface area contributed by atoms with Crippen LogP contribution in [0.3, 0.4) is 0 Å². The zero-order valence-electron chi connectivity index (χ0n) is 18.3. The number of aryl methyl sites for hydroxylation is 1. The Labute approximate surface area is 183 Å². The number of fused-ring (bicyclic) bond motifs is 1. The van der Waals surface area contributed by atoms with Crippen molar-refractivity contribution in [2.45, 2.75) is 40.7 Å². The van der Waals surface area contributed by atoms with Gasteiger partial charge in [0.25, 0.3) is 0 Å². The molecule has 3 aromatic rings. The van der Waals surface area contributed by atoms with Crippen molar-refractivity contribution in [1.82, 2.24) is 4.57 Å². The number of nitrogens with zero attached hydrogens (tertiary/aromatic N) is 2. The van der Waals surface area contributed by atoms with E-state index >= 15 is 0 Å². The molecule has 0 fully saturated rings. The fraction of sp³-hybridized carbons (Fsp3) is 0.348. The van der Waals surface area contributed by atoms with Crippen molar-refractivity contribution in [1.29, 1.82) is 0 Å². The second-order valence-electron chi connectivity index (χ2n) is 8.02. The fourth-order valence-electron chi connectivity index (χ4n) is 3.52. The quantitative estimate of drug-likeness (QED) is 0.169. The smallest absolute Gasteiger partial charge is 0.351 e. The largest absolute Gasteiger partial charge is 0.453 e. The van der Waals surface area contributed by atoms with Crippen molar-refractivity contribution < 1.29 is 23.7 Å². The molecule has 3 rings (SSSR count). The number of esters is 1. The summed E-state index contributed by atoms with van der Waals surface area (Å²) in [6.45, 7) is 8.25. The van der Waals surface area contributed by atoms with Crippen molar-refractivity contribution in [2.75, 3.05) is 6.61 Å². The van der Waals surface area contributed by atoms with Gasteiger partial charge in [-0.1, -0.05) is 26.0 Å². The van der Waals surface area contributed by atoms with Crippen LogP contribution < -0.4 is 5.63 Å². The molecular formula is C23H24N2O7. The van der Waals surface area contributed by atoms with Gasteiger partial charge in [0, 0.05) is 34.9 Å². The molecule has 0 aliphatic carbocycles. The van der Waals surface area contributed by atoms with Crippen LogP contribution in [0.15, 0.2) is 39.5 Å².